The molecule has 0 aromatic carbocycles. The number of likely N-dealkylation sites (tertiary alicyclic amines) is 1. The lowest BCUT2D eigenvalue weighted by Gasteiger charge is -2.28. The van der Waals surface area contributed by atoms with Crippen LogP contribution in [0.5, 0.6) is 0 Å². The fraction of sp³-hybridized carbons (Fsp3) is 0.885. The second kappa shape index (κ2) is 17.1. The minimum atomic E-state index is 0.404. The van der Waals surface area contributed by atoms with Crippen LogP contribution in [0.15, 0.2) is 12.2 Å². The Morgan fingerprint density at radius 3 is 2.04 bits per heavy atom. The number of amides is 1. The summed E-state index contributed by atoms with van der Waals surface area (Å²) in [5.74, 6) is 1.07. The van der Waals surface area contributed by atoms with E-state index in [1.54, 1.807) is 0 Å². The molecule has 2 unspecified atom stereocenters. The molecule has 0 radical (unpaired) electrons. The summed E-state index contributed by atoms with van der Waals surface area (Å²) in [7, 11) is 0. The van der Waals surface area contributed by atoms with E-state index >= 15 is 0 Å². The van der Waals surface area contributed by atoms with Crippen LogP contribution in [0.25, 0.3) is 0 Å². The number of nitrogens with zero attached hydrogens (tertiary/aromatic N) is 1. The van der Waals surface area contributed by atoms with Gasteiger partial charge in [-0.2, -0.15) is 0 Å². The first-order chi connectivity index (χ1) is 13.6. The van der Waals surface area contributed by atoms with Crippen molar-refractivity contribution in [3.8, 4) is 0 Å². The molecular weight excluding hydrogens is 342 g/mol. The van der Waals surface area contributed by atoms with Crippen molar-refractivity contribution in [1.29, 1.82) is 0 Å². The molecule has 2 atom stereocenters. The normalized spacial score (nSPS) is 20.6. The van der Waals surface area contributed by atoms with E-state index in [1.165, 1.54) is 96.3 Å². The summed E-state index contributed by atoms with van der Waals surface area (Å²) in [6.45, 7) is 7.78. The summed E-state index contributed by atoms with van der Waals surface area (Å²) in [6, 6.07) is 0.446. The highest BCUT2D eigenvalue weighted by atomic mass is 16.2. The first kappa shape index (κ1) is 25.2. The van der Waals surface area contributed by atoms with Gasteiger partial charge >= 0.3 is 0 Å². The predicted octanol–water partition coefficient (Wildman–Crippen LogP) is 8.06. The lowest BCUT2D eigenvalue weighted by atomic mass is 10.1. The van der Waals surface area contributed by atoms with Crippen LogP contribution in [0.4, 0.5) is 0 Å². The van der Waals surface area contributed by atoms with Gasteiger partial charge in [0.1, 0.15) is 0 Å². The fourth-order valence-electron chi connectivity index (χ4n) is 4.36. The molecule has 1 rings (SSSR count). The Balaban J connectivity index is 1.92. The first-order valence-electron chi connectivity index (χ1n) is 12.6. The molecule has 1 aliphatic heterocycles. The van der Waals surface area contributed by atoms with Crippen LogP contribution in [0.2, 0.25) is 0 Å². The van der Waals surface area contributed by atoms with E-state index in [0.29, 0.717) is 17.9 Å². The zero-order valence-electron chi connectivity index (χ0n) is 19.4. The molecule has 0 spiro atoms. The smallest absolute Gasteiger partial charge is 0.222 e. The summed E-state index contributed by atoms with van der Waals surface area (Å²) in [6.07, 6.45) is 26.3. The van der Waals surface area contributed by atoms with Crippen LogP contribution in [0, 0.1) is 5.92 Å². The van der Waals surface area contributed by atoms with Crippen LogP contribution in [-0.2, 0) is 4.79 Å². The number of hydrogen-bond acceptors (Lipinski definition) is 1. The summed E-state index contributed by atoms with van der Waals surface area (Å²) >= 11 is 0. The maximum absolute atomic E-state index is 12.6. The maximum Gasteiger partial charge on any atom is 0.222 e. The Morgan fingerprint density at radius 2 is 1.39 bits per heavy atom. The third-order valence-electron chi connectivity index (χ3n) is 6.33. The number of carbonyl (C=O) groups is 1. The van der Waals surface area contributed by atoms with Gasteiger partial charge in [-0.15, -0.1) is 0 Å². The molecule has 1 aliphatic rings. The Kier molecular flexibility index (Phi) is 15.4. The number of hydrogen-bond donors (Lipinski definition) is 0. The van der Waals surface area contributed by atoms with Gasteiger partial charge in [-0.05, 0) is 57.8 Å². The lowest BCUT2D eigenvalue weighted by molar-refractivity contribution is -0.133. The van der Waals surface area contributed by atoms with Crippen molar-refractivity contribution in [3.63, 3.8) is 0 Å². The van der Waals surface area contributed by atoms with E-state index in [4.69, 9.17) is 0 Å². The van der Waals surface area contributed by atoms with Gasteiger partial charge in [-0.3, -0.25) is 4.79 Å². The van der Waals surface area contributed by atoms with Gasteiger partial charge < -0.3 is 4.90 Å². The predicted molar refractivity (Wildman–Crippen MR) is 124 cm³/mol. The lowest BCUT2D eigenvalue weighted by Crippen LogP contribution is -2.39. The van der Waals surface area contributed by atoms with Gasteiger partial charge in [0.15, 0.2) is 0 Å². The highest BCUT2D eigenvalue weighted by Crippen LogP contribution is 2.22. The SMILES string of the molecule is CCCCCCC/C=C/CCCCCCCCC(=O)N1CC(C)CCCC1C. The van der Waals surface area contributed by atoms with Crippen molar-refractivity contribution in [2.75, 3.05) is 6.54 Å². The summed E-state index contributed by atoms with van der Waals surface area (Å²) in [5, 5.41) is 0. The standard InChI is InChI=1S/C26H49NO/c1-4-5-6-7-8-9-10-11-12-13-14-15-16-17-18-22-26(28)27-23-24(2)20-19-21-25(27)3/h10-11,24-25H,4-9,12-23H2,1-3H3/b11-10+. The fourth-order valence-corrected chi connectivity index (χ4v) is 4.36. The first-order valence-corrected chi connectivity index (χ1v) is 12.6. The Hall–Kier alpha value is -0.790. The van der Waals surface area contributed by atoms with Gasteiger partial charge in [-0.1, -0.05) is 83.8 Å². The van der Waals surface area contributed by atoms with Crippen molar-refractivity contribution in [2.24, 2.45) is 5.92 Å². The minimum Gasteiger partial charge on any atom is -0.340 e. The third kappa shape index (κ3) is 12.6. The van der Waals surface area contributed by atoms with Gasteiger partial charge in [0.2, 0.25) is 5.91 Å². The average molecular weight is 392 g/mol. The topological polar surface area (TPSA) is 20.3 Å². The molecule has 0 aliphatic carbocycles. The van der Waals surface area contributed by atoms with Crippen LogP contribution in [-0.4, -0.2) is 23.4 Å². The molecule has 2 heteroatoms. The number of carbonyl (C=O) groups excluding carboxylic acids is 1. The van der Waals surface area contributed by atoms with Crippen molar-refractivity contribution in [1.82, 2.24) is 4.90 Å². The van der Waals surface area contributed by atoms with Gasteiger partial charge in [-0.25, -0.2) is 0 Å². The molecule has 1 saturated heterocycles. The van der Waals surface area contributed by atoms with E-state index in [0.717, 1.165) is 19.4 Å². The monoisotopic (exact) mass is 391 g/mol. The van der Waals surface area contributed by atoms with Crippen LogP contribution >= 0.6 is 0 Å². The quantitative estimate of drug-likeness (QED) is 0.204. The zero-order valence-corrected chi connectivity index (χ0v) is 19.4. The van der Waals surface area contributed by atoms with Crippen molar-refractivity contribution in [3.05, 3.63) is 12.2 Å². The molecule has 0 N–H and O–H groups in total. The Morgan fingerprint density at radius 1 is 0.821 bits per heavy atom. The van der Waals surface area contributed by atoms with Crippen molar-refractivity contribution >= 4 is 5.91 Å². The molecule has 0 saturated carbocycles. The van der Waals surface area contributed by atoms with E-state index in [-0.39, 0.29) is 0 Å². The number of allylic oxidation sites excluding steroid dienone is 2. The molecule has 1 heterocycles. The van der Waals surface area contributed by atoms with E-state index in [9.17, 15) is 4.79 Å². The highest BCUT2D eigenvalue weighted by molar-refractivity contribution is 5.76. The van der Waals surface area contributed by atoms with Crippen LogP contribution < -0.4 is 0 Å². The average Bonchev–Trinajstić information content (AvgIpc) is 2.85. The van der Waals surface area contributed by atoms with E-state index in [2.05, 4.69) is 37.8 Å². The van der Waals surface area contributed by atoms with Crippen LogP contribution in [0.3, 0.4) is 0 Å². The molecule has 28 heavy (non-hydrogen) atoms. The van der Waals surface area contributed by atoms with Crippen LogP contribution in [0.1, 0.15) is 130 Å². The summed E-state index contributed by atoms with van der Waals surface area (Å²) in [4.78, 5) is 14.7. The second-order valence-corrected chi connectivity index (χ2v) is 9.27. The molecule has 1 amide bonds. The molecule has 0 bridgehead atoms. The molecule has 0 aromatic rings. The number of rotatable bonds is 15. The summed E-state index contributed by atoms with van der Waals surface area (Å²) in [5.41, 5.74) is 0. The highest BCUT2D eigenvalue weighted by Gasteiger charge is 2.24. The maximum atomic E-state index is 12.6. The Labute approximate surface area is 176 Å². The minimum absolute atomic E-state index is 0.404. The summed E-state index contributed by atoms with van der Waals surface area (Å²) < 4.78 is 0. The van der Waals surface area contributed by atoms with E-state index in [1.807, 2.05) is 0 Å². The number of unbranched alkanes of at least 4 members (excludes halogenated alkanes) is 11. The van der Waals surface area contributed by atoms with Gasteiger partial charge in [0.05, 0.1) is 0 Å². The molecule has 164 valence electrons. The van der Waals surface area contributed by atoms with E-state index < -0.39 is 0 Å². The Bertz CT molecular complexity index is 403. The zero-order chi connectivity index (χ0) is 20.5. The molecule has 1 fully saturated rings. The van der Waals surface area contributed by atoms with Crippen molar-refractivity contribution < 1.29 is 4.79 Å². The second-order valence-electron chi connectivity index (χ2n) is 9.27. The largest absolute Gasteiger partial charge is 0.340 e. The van der Waals surface area contributed by atoms with Gasteiger partial charge in [0, 0.05) is 19.0 Å². The molecule has 0 aromatic heterocycles. The third-order valence-corrected chi connectivity index (χ3v) is 6.33. The molecule has 2 nitrogen and oxygen atoms in total. The van der Waals surface area contributed by atoms with Gasteiger partial charge in [0.25, 0.3) is 0 Å². The van der Waals surface area contributed by atoms with Crippen molar-refractivity contribution in [2.45, 2.75) is 136 Å². The molecular formula is C26H49NO.